The number of benzene rings is 1. The van der Waals surface area contributed by atoms with Gasteiger partial charge in [-0.3, -0.25) is 14.2 Å². The molecule has 8 heteroatoms. The lowest BCUT2D eigenvalue weighted by atomic mass is 10.2. The summed E-state index contributed by atoms with van der Waals surface area (Å²) in [5, 5.41) is 3.54. The second kappa shape index (κ2) is 6.88. The maximum Gasteiger partial charge on any atom is 0.272 e. The van der Waals surface area contributed by atoms with Crippen LogP contribution in [-0.2, 0) is 4.79 Å². The minimum atomic E-state index is -0.724. The number of hydrogen-bond acceptors (Lipinski definition) is 5. The maximum atomic E-state index is 13.0. The van der Waals surface area contributed by atoms with E-state index >= 15 is 0 Å². The van der Waals surface area contributed by atoms with Gasteiger partial charge in [0.15, 0.2) is 0 Å². The number of carbonyl (C=O) groups is 1. The monoisotopic (exact) mass is 382 g/mol. The molecule has 3 aromatic heterocycles. The molecule has 1 aromatic carbocycles. The normalized spacial score (nSPS) is 12.4. The molecule has 4 rings (SSSR count). The summed E-state index contributed by atoms with van der Waals surface area (Å²) < 4.78 is 14.8. The summed E-state index contributed by atoms with van der Waals surface area (Å²) in [6, 6.07) is 8.42. The van der Waals surface area contributed by atoms with Crippen molar-refractivity contribution in [3.63, 3.8) is 0 Å². The second-order valence-corrected chi connectivity index (χ2v) is 7.01. The number of thiophene rings is 1. The number of hydrogen-bond donors (Lipinski definition) is 1. The summed E-state index contributed by atoms with van der Waals surface area (Å²) >= 11 is 1.27. The Bertz CT molecular complexity index is 1200. The van der Waals surface area contributed by atoms with Gasteiger partial charge in [-0.05, 0) is 42.8 Å². The van der Waals surface area contributed by atoms with E-state index in [-0.39, 0.29) is 17.3 Å². The van der Waals surface area contributed by atoms with Crippen molar-refractivity contribution < 1.29 is 9.18 Å². The van der Waals surface area contributed by atoms with E-state index in [1.54, 1.807) is 12.3 Å². The summed E-state index contributed by atoms with van der Waals surface area (Å²) in [6.45, 7) is 1.82. The molecule has 0 aliphatic rings. The van der Waals surface area contributed by atoms with Gasteiger partial charge in [-0.25, -0.2) is 14.4 Å². The van der Waals surface area contributed by atoms with E-state index in [1.807, 2.05) is 13.0 Å². The van der Waals surface area contributed by atoms with Crippen LogP contribution >= 0.6 is 11.3 Å². The third kappa shape index (κ3) is 3.08. The molecule has 1 atom stereocenters. The first-order valence-electron chi connectivity index (χ1n) is 8.39. The third-order valence-electron chi connectivity index (χ3n) is 4.32. The van der Waals surface area contributed by atoms with Crippen LogP contribution in [0, 0.1) is 5.82 Å². The van der Waals surface area contributed by atoms with Crippen LogP contribution in [0.2, 0.25) is 0 Å². The largest absolute Gasteiger partial charge is 0.324 e. The molecule has 0 aliphatic carbocycles. The van der Waals surface area contributed by atoms with E-state index in [9.17, 15) is 14.0 Å². The van der Waals surface area contributed by atoms with Crippen LogP contribution in [0.15, 0.2) is 53.7 Å². The lowest BCUT2D eigenvalue weighted by Gasteiger charge is -2.17. The van der Waals surface area contributed by atoms with Crippen molar-refractivity contribution in [1.82, 2.24) is 14.5 Å². The smallest absolute Gasteiger partial charge is 0.272 e. The zero-order chi connectivity index (χ0) is 19.0. The van der Waals surface area contributed by atoms with E-state index in [4.69, 9.17) is 0 Å². The quantitative estimate of drug-likeness (QED) is 0.583. The number of aromatic nitrogens is 3. The van der Waals surface area contributed by atoms with Gasteiger partial charge in [0.05, 0.1) is 11.8 Å². The lowest BCUT2D eigenvalue weighted by Crippen LogP contribution is -2.33. The Morgan fingerprint density at radius 3 is 2.78 bits per heavy atom. The van der Waals surface area contributed by atoms with E-state index in [2.05, 4.69) is 15.3 Å². The molecule has 6 nitrogen and oxygen atoms in total. The lowest BCUT2D eigenvalue weighted by molar-refractivity contribution is -0.119. The summed E-state index contributed by atoms with van der Waals surface area (Å²) in [5.41, 5.74) is 0.787. The van der Waals surface area contributed by atoms with Crippen LogP contribution in [0.1, 0.15) is 19.4 Å². The van der Waals surface area contributed by atoms with Gasteiger partial charge in [0.1, 0.15) is 21.4 Å². The predicted molar refractivity (Wildman–Crippen MR) is 104 cm³/mol. The fourth-order valence-electron chi connectivity index (χ4n) is 2.97. The number of carbonyl (C=O) groups excluding carboxylic acids is 1. The molecule has 3 heterocycles. The Labute approximate surface area is 157 Å². The van der Waals surface area contributed by atoms with E-state index < -0.39 is 6.04 Å². The Kier molecular flexibility index (Phi) is 4.41. The molecule has 0 bridgehead atoms. The standard InChI is InChI=1S/C19H15FN4O2S/c1-2-14(17(25)23-12-7-5-11(20)6-8-12)24-10-22-15-13-4-3-9-21-18(13)27-16(15)19(24)26/h3-10,14H,2H2,1H3,(H,23,25). The number of nitrogens with one attached hydrogen (secondary N) is 1. The topological polar surface area (TPSA) is 76.9 Å². The van der Waals surface area contributed by atoms with Crippen molar-refractivity contribution in [3.05, 3.63) is 65.1 Å². The minimum absolute atomic E-state index is 0.274. The van der Waals surface area contributed by atoms with Crippen molar-refractivity contribution >= 4 is 43.4 Å². The number of anilines is 1. The highest BCUT2D eigenvalue weighted by atomic mass is 32.1. The zero-order valence-corrected chi connectivity index (χ0v) is 15.2. The van der Waals surface area contributed by atoms with Gasteiger partial charge in [-0.15, -0.1) is 11.3 Å². The molecule has 136 valence electrons. The molecular weight excluding hydrogens is 367 g/mol. The zero-order valence-electron chi connectivity index (χ0n) is 14.3. The first-order chi connectivity index (χ1) is 13.1. The summed E-state index contributed by atoms with van der Waals surface area (Å²) in [7, 11) is 0. The molecular formula is C19H15FN4O2S. The van der Waals surface area contributed by atoms with Crippen LogP contribution < -0.4 is 10.9 Å². The molecule has 0 saturated heterocycles. The van der Waals surface area contributed by atoms with E-state index in [0.717, 1.165) is 10.2 Å². The van der Waals surface area contributed by atoms with Gasteiger partial charge < -0.3 is 5.32 Å². The van der Waals surface area contributed by atoms with Crippen molar-refractivity contribution in [2.75, 3.05) is 5.32 Å². The first kappa shape index (κ1) is 17.3. The summed E-state index contributed by atoms with van der Waals surface area (Å²) in [6.07, 6.45) is 3.48. The van der Waals surface area contributed by atoms with Gasteiger partial charge >= 0.3 is 0 Å². The van der Waals surface area contributed by atoms with Crippen molar-refractivity contribution in [1.29, 1.82) is 0 Å². The molecule has 0 fully saturated rings. The van der Waals surface area contributed by atoms with Crippen LogP contribution in [0.5, 0.6) is 0 Å². The Hall–Kier alpha value is -3.13. The van der Waals surface area contributed by atoms with Crippen LogP contribution in [0.4, 0.5) is 10.1 Å². The average molecular weight is 382 g/mol. The molecule has 0 spiro atoms. The third-order valence-corrected chi connectivity index (χ3v) is 5.41. The number of rotatable bonds is 4. The van der Waals surface area contributed by atoms with Crippen molar-refractivity contribution in [2.45, 2.75) is 19.4 Å². The van der Waals surface area contributed by atoms with Gasteiger partial charge in [-0.2, -0.15) is 0 Å². The van der Waals surface area contributed by atoms with Crippen LogP contribution in [0.25, 0.3) is 20.4 Å². The number of halogens is 1. The highest BCUT2D eigenvalue weighted by Crippen LogP contribution is 2.28. The highest BCUT2D eigenvalue weighted by Gasteiger charge is 2.22. The minimum Gasteiger partial charge on any atom is -0.324 e. The SMILES string of the molecule is CCC(C(=O)Nc1ccc(F)cc1)n1cnc2c(sc3ncccc32)c1=O. The van der Waals surface area contributed by atoms with Gasteiger partial charge in [0, 0.05) is 17.3 Å². The van der Waals surface area contributed by atoms with Gasteiger partial charge in [0.2, 0.25) is 5.91 Å². The Morgan fingerprint density at radius 1 is 1.26 bits per heavy atom. The molecule has 4 aromatic rings. The van der Waals surface area contributed by atoms with Gasteiger partial charge in [0.25, 0.3) is 5.56 Å². The Balaban J connectivity index is 1.73. The number of pyridine rings is 1. The second-order valence-electron chi connectivity index (χ2n) is 6.01. The molecule has 27 heavy (non-hydrogen) atoms. The average Bonchev–Trinajstić information content (AvgIpc) is 3.06. The van der Waals surface area contributed by atoms with Crippen LogP contribution in [0.3, 0.4) is 0 Å². The number of nitrogens with zero attached hydrogens (tertiary/aromatic N) is 3. The van der Waals surface area contributed by atoms with E-state index in [0.29, 0.717) is 22.3 Å². The molecule has 0 saturated carbocycles. The molecule has 1 unspecified atom stereocenters. The number of fused-ring (bicyclic) bond motifs is 3. The van der Waals surface area contributed by atoms with Crippen LogP contribution in [-0.4, -0.2) is 20.4 Å². The van der Waals surface area contributed by atoms with Gasteiger partial charge in [-0.1, -0.05) is 6.92 Å². The summed E-state index contributed by atoms with van der Waals surface area (Å²) in [5.74, 6) is -0.740. The molecule has 0 aliphatic heterocycles. The number of amides is 1. The van der Waals surface area contributed by atoms with E-state index in [1.165, 1.54) is 46.5 Å². The maximum absolute atomic E-state index is 13.0. The van der Waals surface area contributed by atoms with Crippen molar-refractivity contribution in [3.8, 4) is 0 Å². The summed E-state index contributed by atoms with van der Waals surface area (Å²) in [4.78, 5) is 35.1. The highest BCUT2D eigenvalue weighted by molar-refractivity contribution is 7.25. The fourth-order valence-corrected chi connectivity index (χ4v) is 4.01. The fraction of sp³-hybridized carbons (Fsp3) is 0.158. The molecule has 0 radical (unpaired) electrons. The molecule has 1 amide bonds. The van der Waals surface area contributed by atoms with Crippen molar-refractivity contribution in [2.24, 2.45) is 0 Å². The molecule has 1 N–H and O–H groups in total. The predicted octanol–water partition coefficient (Wildman–Crippen LogP) is 3.74. The Morgan fingerprint density at radius 2 is 2.04 bits per heavy atom. The first-order valence-corrected chi connectivity index (χ1v) is 9.21.